The zero-order valence-corrected chi connectivity index (χ0v) is 18.3. The van der Waals surface area contributed by atoms with Crippen molar-refractivity contribution >= 4 is 29.9 Å². The molecule has 0 aromatic carbocycles. The van der Waals surface area contributed by atoms with Crippen LogP contribution >= 0.6 is 24.0 Å². The number of ether oxygens (including phenoxy) is 2. The summed E-state index contributed by atoms with van der Waals surface area (Å²) in [6.07, 6.45) is 4.34. The molecule has 0 atom stereocenters. The maximum Gasteiger partial charge on any atom is 0.193 e. The summed E-state index contributed by atoms with van der Waals surface area (Å²) >= 11 is 0. The number of hydrogen-bond acceptors (Lipinski definition) is 4. The van der Waals surface area contributed by atoms with Crippen LogP contribution in [0, 0.1) is 13.8 Å². The van der Waals surface area contributed by atoms with Crippen molar-refractivity contribution in [1.29, 1.82) is 0 Å². The largest absolute Gasteiger partial charge is 0.496 e. The monoisotopic (exact) mass is 462 g/mol. The van der Waals surface area contributed by atoms with Crippen LogP contribution in [0.15, 0.2) is 11.2 Å². The van der Waals surface area contributed by atoms with Gasteiger partial charge in [-0.15, -0.1) is 24.0 Å². The van der Waals surface area contributed by atoms with Crippen LogP contribution in [0.4, 0.5) is 0 Å². The van der Waals surface area contributed by atoms with Gasteiger partial charge in [0.15, 0.2) is 5.96 Å². The second kappa shape index (κ2) is 10.8. The molecule has 142 valence electrons. The number of pyridine rings is 1. The highest BCUT2D eigenvalue weighted by molar-refractivity contribution is 14.0. The summed E-state index contributed by atoms with van der Waals surface area (Å²) in [4.78, 5) is 11.2. The Kier molecular flexibility index (Phi) is 9.48. The molecule has 1 aromatic heterocycles. The van der Waals surface area contributed by atoms with E-state index >= 15 is 0 Å². The van der Waals surface area contributed by atoms with Crippen LogP contribution in [-0.2, 0) is 11.3 Å². The minimum Gasteiger partial charge on any atom is -0.496 e. The van der Waals surface area contributed by atoms with E-state index in [0.717, 1.165) is 61.1 Å². The van der Waals surface area contributed by atoms with Crippen molar-refractivity contribution in [1.82, 2.24) is 15.2 Å². The Labute approximate surface area is 168 Å². The molecule has 1 aliphatic heterocycles. The predicted octanol–water partition coefficient (Wildman–Crippen LogP) is 2.90. The number of nitrogens with one attached hydrogen (secondary N) is 1. The van der Waals surface area contributed by atoms with Gasteiger partial charge in [-0.3, -0.25) is 9.98 Å². The highest BCUT2D eigenvalue weighted by Crippen LogP contribution is 2.23. The third-order valence-corrected chi connectivity index (χ3v) is 4.52. The van der Waals surface area contributed by atoms with Crippen LogP contribution in [0.3, 0.4) is 0 Å². The lowest BCUT2D eigenvalue weighted by Crippen LogP contribution is -2.46. The van der Waals surface area contributed by atoms with Crippen molar-refractivity contribution in [3.05, 3.63) is 23.0 Å². The second-order valence-electron chi connectivity index (χ2n) is 6.09. The van der Waals surface area contributed by atoms with Gasteiger partial charge in [0, 0.05) is 44.1 Å². The molecule has 0 saturated carbocycles. The highest BCUT2D eigenvalue weighted by atomic mass is 127. The zero-order valence-electron chi connectivity index (χ0n) is 16.0. The molecule has 7 heteroatoms. The number of nitrogens with zero attached hydrogens (tertiary/aromatic N) is 3. The zero-order chi connectivity index (χ0) is 17.5. The Morgan fingerprint density at radius 2 is 2.04 bits per heavy atom. The first kappa shape index (κ1) is 22.0. The average molecular weight is 462 g/mol. The minimum atomic E-state index is 0. The third-order valence-electron chi connectivity index (χ3n) is 4.52. The van der Waals surface area contributed by atoms with E-state index in [0.29, 0.717) is 12.6 Å². The van der Waals surface area contributed by atoms with E-state index in [2.05, 4.69) is 27.1 Å². The van der Waals surface area contributed by atoms with Gasteiger partial charge in [0.25, 0.3) is 0 Å². The summed E-state index contributed by atoms with van der Waals surface area (Å²) in [6.45, 7) is 9.47. The molecule has 1 N–H and O–H groups in total. The van der Waals surface area contributed by atoms with Crippen LogP contribution in [0.5, 0.6) is 5.75 Å². The predicted molar refractivity (Wildman–Crippen MR) is 112 cm³/mol. The number of hydrogen-bond donors (Lipinski definition) is 1. The van der Waals surface area contributed by atoms with Gasteiger partial charge in [-0.05, 0) is 33.6 Å². The van der Waals surface area contributed by atoms with Gasteiger partial charge in [0.05, 0.1) is 25.5 Å². The fourth-order valence-electron chi connectivity index (χ4n) is 3.21. The van der Waals surface area contributed by atoms with Crippen molar-refractivity contribution in [3.8, 4) is 5.75 Å². The molecule has 2 heterocycles. The number of rotatable bonds is 5. The molecule has 0 aliphatic carbocycles. The molecule has 1 aromatic rings. The summed E-state index contributed by atoms with van der Waals surface area (Å²) < 4.78 is 11.2. The van der Waals surface area contributed by atoms with Crippen molar-refractivity contribution in [2.75, 3.05) is 33.9 Å². The molecule has 0 unspecified atom stereocenters. The first-order valence-electron chi connectivity index (χ1n) is 8.66. The van der Waals surface area contributed by atoms with Crippen LogP contribution in [0.1, 0.15) is 36.6 Å². The molecule has 25 heavy (non-hydrogen) atoms. The van der Waals surface area contributed by atoms with Crippen LogP contribution in [0.2, 0.25) is 0 Å². The molecule has 0 spiro atoms. The normalized spacial score (nSPS) is 15.7. The van der Waals surface area contributed by atoms with E-state index in [1.807, 2.05) is 27.1 Å². The van der Waals surface area contributed by atoms with Crippen molar-refractivity contribution in [2.24, 2.45) is 4.99 Å². The molecule has 2 rings (SSSR count). The summed E-state index contributed by atoms with van der Waals surface area (Å²) in [5.74, 6) is 1.83. The summed E-state index contributed by atoms with van der Waals surface area (Å²) in [7, 11) is 3.53. The Morgan fingerprint density at radius 3 is 2.60 bits per heavy atom. The van der Waals surface area contributed by atoms with E-state index < -0.39 is 0 Å². The van der Waals surface area contributed by atoms with E-state index in [1.54, 1.807) is 7.11 Å². The minimum absolute atomic E-state index is 0. The smallest absolute Gasteiger partial charge is 0.193 e. The first-order chi connectivity index (χ1) is 11.6. The van der Waals surface area contributed by atoms with Crippen LogP contribution < -0.4 is 10.1 Å². The van der Waals surface area contributed by atoms with E-state index in [-0.39, 0.29) is 24.0 Å². The number of halogens is 1. The summed E-state index contributed by atoms with van der Waals surface area (Å²) in [5.41, 5.74) is 3.12. The highest BCUT2D eigenvalue weighted by Gasteiger charge is 2.21. The quantitative estimate of drug-likeness (QED) is 0.415. The SMILES string of the molecule is CCOC1CCN(C(=NC)NCc2ncc(C)c(OC)c2C)CC1.I. The van der Waals surface area contributed by atoms with Crippen molar-refractivity contribution in [3.63, 3.8) is 0 Å². The molecular weight excluding hydrogens is 431 g/mol. The average Bonchev–Trinajstić information content (AvgIpc) is 2.59. The number of aliphatic imine (C=N–C) groups is 1. The number of piperidine rings is 1. The Hall–Kier alpha value is -1.09. The van der Waals surface area contributed by atoms with Gasteiger partial charge in [0.2, 0.25) is 0 Å². The van der Waals surface area contributed by atoms with Crippen LogP contribution in [0.25, 0.3) is 0 Å². The van der Waals surface area contributed by atoms with Crippen molar-refractivity contribution < 1.29 is 9.47 Å². The maximum absolute atomic E-state index is 5.72. The fourth-order valence-corrected chi connectivity index (χ4v) is 3.21. The fraction of sp³-hybridized carbons (Fsp3) is 0.667. The number of aromatic nitrogens is 1. The number of aryl methyl sites for hydroxylation is 1. The lowest BCUT2D eigenvalue weighted by atomic mass is 10.1. The molecule has 0 amide bonds. The number of likely N-dealkylation sites (tertiary alicyclic amines) is 1. The molecular formula is C18H31IN4O2. The molecule has 1 aliphatic rings. The maximum atomic E-state index is 5.72. The molecule has 1 fully saturated rings. The van der Waals surface area contributed by atoms with E-state index in [4.69, 9.17) is 9.47 Å². The van der Waals surface area contributed by atoms with Gasteiger partial charge in [-0.1, -0.05) is 0 Å². The topological polar surface area (TPSA) is 59.0 Å². The van der Waals surface area contributed by atoms with Gasteiger partial charge in [-0.2, -0.15) is 0 Å². The Balaban J connectivity index is 0.00000312. The van der Waals surface area contributed by atoms with E-state index in [1.165, 1.54) is 0 Å². The molecule has 0 bridgehead atoms. The third kappa shape index (κ3) is 5.70. The van der Waals surface area contributed by atoms with Gasteiger partial charge in [-0.25, -0.2) is 0 Å². The molecule has 0 radical (unpaired) electrons. The van der Waals surface area contributed by atoms with Gasteiger partial charge in [0.1, 0.15) is 5.75 Å². The van der Waals surface area contributed by atoms with E-state index in [9.17, 15) is 0 Å². The molecule has 1 saturated heterocycles. The lowest BCUT2D eigenvalue weighted by molar-refractivity contribution is 0.0263. The standard InChI is InChI=1S/C18H30N4O2.HI/c1-6-24-15-7-9-22(10-8-15)18(19-4)21-12-16-14(3)17(23-5)13(2)11-20-16;/h11,15H,6-10,12H2,1-5H3,(H,19,21);1H. The van der Waals surface area contributed by atoms with Crippen molar-refractivity contribution in [2.45, 2.75) is 46.3 Å². The van der Waals surface area contributed by atoms with Gasteiger partial charge >= 0.3 is 0 Å². The molecule has 6 nitrogen and oxygen atoms in total. The summed E-state index contributed by atoms with van der Waals surface area (Å²) in [6, 6.07) is 0. The number of guanidine groups is 1. The first-order valence-corrected chi connectivity index (χ1v) is 8.66. The van der Waals surface area contributed by atoms with Crippen LogP contribution in [-0.4, -0.2) is 55.8 Å². The Morgan fingerprint density at radius 1 is 1.36 bits per heavy atom. The second-order valence-corrected chi connectivity index (χ2v) is 6.09. The lowest BCUT2D eigenvalue weighted by Gasteiger charge is -2.34. The number of methoxy groups -OCH3 is 1. The summed E-state index contributed by atoms with van der Waals surface area (Å²) in [5, 5.41) is 3.43. The van der Waals surface area contributed by atoms with Gasteiger partial charge < -0.3 is 19.7 Å². The Bertz CT molecular complexity index is 572.